The largest absolute Gasteiger partial charge is 0.451 e. The fourth-order valence-corrected chi connectivity index (χ4v) is 3.35. The number of hydrogen-bond donors (Lipinski definition) is 1. The number of ether oxygens (including phenoxy) is 1. The van der Waals surface area contributed by atoms with E-state index in [0.717, 1.165) is 16.8 Å². The van der Waals surface area contributed by atoms with Crippen molar-refractivity contribution in [3.8, 4) is 0 Å². The van der Waals surface area contributed by atoms with Crippen molar-refractivity contribution in [3.63, 3.8) is 0 Å². The molecule has 1 N–H and O–H groups in total. The molecule has 0 unspecified atom stereocenters. The van der Waals surface area contributed by atoms with Gasteiger partial charge >= 0.3 is 6.09 Å². The highest BCUT2D eigenvalue weighted by Crippen LogP contribution is 2.25. The summed E-state index contributed by atoms with van der Waals surface area (Å²) in [7, 11) is 0. The molecule has 162 valence electrons. The van der Waals surface area contributed by atoms with Crippen LogP contribution in [0.1, 0.15) is 49.1 Å². The number of imidazole rings is 1. The van der Waals surface area contributed by atoms with Crippen molar-refractivity contribution in [2.45, 2.75) is 39.3 Å². The number of pyridine rings is 1. The van der Waals surface area contributed by atoms with Crippen LogP contribution in [0.4, 0.5) is 4.79 Å². The molecule has 0 bridgehead atoms. The Kier molecular flexibility index (Phi) is 5.54. The van der Waals surface area contributed by atoms with E-state index >= 15 is 0 Å². The maximum atomic E-state index is 12.5. The summed E-state index contributed by atoms with van der Waals surface area (Å²) >= 11 is 0. The minimum Gasteiger partial charge on any atom is -0.451 e. The third-order valence-electron chi connectivity index (χ3n) is 4.92. The predicted octanol–water partition coefficient (Wildman–Crippen LogP) is 3.88. The third-order valence-corrected chi connectivity index (χ3v) is 4.92. The lowest BCUT2D eigenvalue weighted by Gasteiger charge is -2.29. The van der Waals surface area contributed by atoms with E-state index in [-0.39, 0.29) is 17.8 Å². The van der Waals surface area contributed by atoms with E-state index in [1.807, 2.05) is 55.8 Å². The monoisotopic (exact) mass is 422 g/mol. The molecule has 31 heavy (non-hydrogen) atoms. The molecule has 1 aliphatic heterocycles. The Morgan fingerprint density at radius 3 is 2.81 bits per heavy atom. The van der Waals surface area contributed by atoms with Crippen molar-refractivity contribution in [1.29, 1.82) is 0 Å². The molecule has 4 rings (SSSR count). The molecule has 2 amide bonds. The first-order valence-electron chi connectivity index (χ1n) is 10.3. The van der Waals surface area contributed by atoms with Gasteiger partial charge in [0.2, 0.25) is 0 Å². The summed E-state index contributed by atoms with van der Waals surface area (Å²) in [5, 5.41) is 2.87. The van der Waals surface area contributed by atoms with Crippen LogP contribution in [0.3, 0.4) is 0 Å². The lowest BCUT2D eigenvalue weighted by molar-refractivity contribution is 0.0270. The first kappa shape index (κ1) is 20.7. The van der Waals surface area contributed by atoms with E-state index in [9.17, 15) is 9.59 Å². The van der Waals surface area contributed by atoms with Gasteiger partial charge in [-0.25, -0.2) is 9.78 Å². The van der Waals surface area contributed by atoms with Crippen molar-refractivity contribution in [2.24, 2.45) is 0 Å². The normalized spacial score (nSPS) is 14.4. The molecule has 8 heteroatoms. The zero-order chi connectivity index (χ0) is 22.0. The number of fused-ring (bicyclic) bond motifs is 1. The second kappa shape index (κ2) is 8.29. The van der Waals surface area contributed by atoms with Gasteiger partial charge in [0.05, 0.1) is 0 Å². The van der Waals surface area contributed by atoms with Crippen LogP contribution in [-0.4, -0.2) is 45.0 Å². The van der Waals surface area contributed by atoms with Gasteiger partial charge in [-0.1, -0.05) is 6.08 Å². The molecule has 3 aromatic heterocycles. The van der Waals surface area contributed by atoms with Gasteiger partial charge < -0.3 is 23.8 Å². The Morgan fingerprint density at radius 1 is 1.23 bits per heavy atom. The fraction of sp³-hybridized carbons (Fsp3) is 0.348. The number of aromatic nitrogens is 2. The highest BCUT2D eigenvalue weighted by Gasteiger charge is 2.25. The lowest BCUT2D eigenvalue weighted by atomic mass is 10.1. The molecule has 0 fully saturated rings. The van der Waals surface area contributed by atoms with Gasteiger partial charge in [0.25, 0.3) is 5.91 Å². The highest BCUT2D eigenvalue weighted by molar-refractivity contribution is 5.91. The maximum absolute atomic E-state index is 12.5. The summed E-state index contributed by atoms with van der Waals surface area (Å²) in [6.45, 7) is 6.91. The SMILES string of the molecule is CC(C)(C)OC(=O)N1CC=C(c2ccc(C(=O)NCc3ccn4ccnc4c3)o2)CC1. The smallest absolute Gasteiger partial charge is 0.410 e. The van der Waals surface area contributed by atoms with Crippen molar-refractivity contribution < 1.29 is 18.7 Å². The second-order valence-corrected chi connectivity index (χ2v) is 8.48. The van der Waals surface area contributed by atoms with E-state index in [2.05, 4.69) is 10.3 Å². The minimum atomic E-state index is -0.519. The minimum absolute atomic E-state index is 0.257. The van der Waals surface area contributed by atoms with Crippen LogP contribution in [0.2, 0.25) is 0 Å². The van der Waals surface area contributed by atoms with Crippen LogP contribution < -0.4 is 5.32 Å². The number of rotatable bonds is 4. The number of carbonyl (C=O) groups excluding carboxylic acids is 2. The summed E-state index contributed by atoms with van der Waals surface area (Å²) in [5.74, 6) is 0.626. The Hall–Kier alpha value is -3.55. The van der Waals surface area contributed by atoms with Crippen molar-refractivity contribution >= 4 is 23.2 Å². The quantitative estimate of drug-likeness (QED) is 0.689. The molecule has 8 nitrogen and oxygen atoms in total. The van der Waals surface area contributed by atoms with E-state index < -0.39 is 5.60 Å². The second-order valence-electron chi connectivity index (χ2n) is 8.48. The average molecular weight is 422 g/mol. The Balaban J connectivity index is 1.34. The average Bonchev–Trinajstić information content (AvgIpc) is 3.40. The zero-order valence-corrected chi connectivity index (χ0v) is 17.9. The molecule has 0 spiro atoms. The van der Waals surface area contributed by atoms with Gasteiger partial charge in [0.15, 0.2) is 5.76 Å². The van der Waals surface area contributed by atoms with Crippen LogP contribution in [-0.2, 0) is 11.3 Å². The highest BCUT2D eigenvalue weighted by atomic mass is 16.6. The molecular weight excluding hydrogens is 396 g/mol. The molecule has 0 radical (unpaired) electrons. The molecule has 3 aromatic rings. The van der Waals surface area contributed by atoms with Crippen LogP contribution >= 0.6 is 0 Å². The fourth-order valence-electron chi connectivity index (χ4n) is 3.35. The molecule has 4 heterocycles. The first-order valence-corrected chi connectivity index (χ1v) is 10.3. The van der Waals surface area contributed by atoms with E-state index in [0.29, 0.717) is 31.8 Å². The molecule has 0 saturated heterocycles. The van der Waals surface area contributed by atoms with Crippen molar-refractivity contribution in [2.75, 3.05) is 13.1 Å². The van der Waals surface area contributed by atoms with Crippen LogP contribution in [0.5, 0.6) is 0 Å². The molecule has 0 aromatic carbocycles. The molecule has 0 aliphatic carbocycles. The number of nitrogens with one attached hydrogen (secondary N) is 1. The van der Waals surface area contributed by atoms with Gasteiger partial charge in [-0.3, -0.25) is 4.79 Å². The van der Waals surface area contributed by atoms with Gasteiger partial charge in [0, 0.05) is 38.2 Å². The molecular formula is C23H26N4O4. The summed E-state index contributed by atoms with van der Waals surface area (Å²) in [6, 6.07) is 7.33. The van der Waals surface area contributed by atoms with Gasteiger partial charge in [-0.05, 0) is 62.6 Å². The number of furan rings is 1. The first-order chi connectivity index (χ1) is 14.8. The van der Waals surface area contributed by atoms with Gasteiger partial charge in [-0.15, -0.1) is 0 Å². The summed E-state index contributed by atoms with van der Waals surface area (Å²) in [4.78, 5) is 30.6. The number of hydrogen-bond acceptors (Lipinski definition) is 5. The molecule has 1 aliphatic rings. The Bertz CT molecular complexity index is 1140. The van der Waals surface area contributed by atoms with Crippen molar-refractivity contribution in [1.82, 2.24) is 19.6 Å². The van der Waals surface area contributed by atoms with Crippen LogP contribution in [0.25, 0.3) is 11.2 Å². The lowest BCUT2D eigenvalue weighted by Crippen LogP contribution is -2.39. The van der Waals surface area contributed by atoms with Crippen molar-refractivity contribution in [3.05, 3.63) is 66.0 Å². The van der Waals surface area contributed by atoms with E-state index in [1.54, 1.807) is 23.2 Å². The summed E-state index contributed by atoms with van der Waals surface area (Å²) < 4.78 is 13.1. The topological polar surface area (TPSA) is 89.1 Å². The third kappa shape index (κ3) is 4.96. The van der Waals surface area contributed by atoms with Gasteiger partial charge in [0.1, 0.15) is 17.0 Å². The van der Waals surface area contributed by atoms with Gasteiger partial charge in [-0.2, -0.15) is 0 Å². The predicted molar refractivity (Wildman–Crippen MR) is 115 cm³/mol. The number of amides is 2. The van der Waals surface area contributed by atoms with E-state index in [4.69, 9.17) is 9.15 Å². The Labute approximate surface area is 180 Å². The molecule has 0 saturated carbocycles. The number of carbonyl (C=O) groups is 2. The van der Waals surface area contributed by atoms with Crippen LogP contribution in [0, 0.1) is 0 Å². The Morgan fingerprint density at radius 2 is 2.06 bits per heavy atom. The van der Waals surface area contributed by atoms with E-state index in [1.165, 1.54) is 0 Å². The maximum Gasteiger partial charge on any atom is 0.410 e. The summed E-state index contributed by atoms with van der Waals surface area (Å²) in [6.07, 6.45) is 7.76. The van der Waals surface area contributed by atoms with Crippen LogP contribution in [0.15, 0.2) is 53.3 Å². The molecule has 0 atom stereocenters. The number of nitrogens with zero attached hydrogens (tertiary/aromatic N) is 3. The summed E-state index contributed by atoms with van der Waals surface area (Å²) in [5.41, 5.74) is 2.24. The zero-order valence-electron chi connectivity index (χ0n) is 17.9. The standard InChI is InChI=1S/C23H26N4O4/c1-23(2,3)31-22(29)27-11-7-17(8-12-27)18-4-5-19(30-18)21(28)25-15-16-6-10-26-13-9-24-20(26)14-16/h4-7,9-10,13-14H,8,11-12,15H2,1-3H3,(H,25,28).